The van der Waals surface area contributed by atoms with Gasteiger partial charge in [0.1, 0.15) is 0 Å². The van der Waals surface area contributed by atoms with Gasteiger partial charge in [-0.1, -0.05) is 18.2 Å². The van der Waals surface area contributed by atoms with E-state index in [2.05, 4.69) is 58.1 Å². The quantitative estimate of drug-likeness (QED) is 0.743. The molecule has 0 amide bonds. The van der Waals surface area contributed by atoms with Gasteiger partial charge in [0.05, 0.1) is 6.10 Å². The van der Waals surface area contributed by atoms with Crippen molar-refractivity contribution in [1.82, 2.24) is 5.32 Å². The maximum absolute atomic E-state index is 5.52. The molecule has 0 aliphatic heterocycles. The Morgan fingerprint density at radius 1 is 1.11 bits per heavy atom. The van der Waals surface area contributed by atoms with Crippen molar-refractivity contribution in [3.05, 3.63) is 34.9 Å². The average Bonchev–Trinajstić information content (AvgIpc) is 2.31. The van der Waals surface area contributed by atoms with Crippen LogP contribution < -0.4 is 5.32 Å². The van der Waals surface area contributed by atoms with Crippen molar-refractivity contribution in [3.8, 4) is 0 Å². The highest BCUT2D eigenvalue weighted by atomic mass is 16.5. The highest BCUT2D eigenvalue weighted by Crippen LogP contribution is 2.16. The van der Waals surface area contributed by atoms with Crippen LogP contribution in [0.5, 0.6) is 0 Å². The van der Waals surface area contributed by atoms with E-state index in [1.54, 1.807) is 0 Å². The Bertz CT molecular complexity index is 360. The van der Waals surface area contributed by atoms with Crippen molar-refractivity contribution in [2.24, 2.45) is 0 Å². The average molecular weight is 249 g/mol. The molecule has 0 heterocycles. The number of hydrogen-bond donors (Lipinski definition) is 1. The first-order valence-corrected chi connectivity index (χ1v) is 6.93. The van der Waals surface area contributed by atoms with Crippen molar-refractivity contribution in [2.75, 3.05) is 13.2 Å². The van der Waals surface area contributed by atoms with E-state index in [0.29, 0.717) is 12.1 Å². The third-order valence-electron chi connectivity index (χ3n) is 3.25. The Kier molecular flexibility index (Phi) is 6.37. The summed E-state index contributed by atoms with van der Waals surface area (Å²) < 4.78 is 5.52. The topological polar surface area (TPSA) is 21.3 Å². The molecule has 1 atom stereocenters. The third kappa shape index (κ3) is 5.19. The normalized spacial score (nSPS) is 13.0. The second kappa shape index (κ2) is 7.55. The molecule has 0 aliphatic carbocycles. The largest absolute Gasteiger partial charge is 0.379 e. The van der Waals surface area contributed by atoms with Gasteiger partial charge >= 0.3 is 0 Å². The van der Waals surface area contributed by atoms with Crippen LogP contribution in [0.4, 0.5) is 0 Å². The Morgan fingerprint density at radius 3 is 2.44 bits per heavy atom. The number of hydrogen-bond acceptors (Lipinski definition) is 2. The minimum absolute atomic E-state index is 0.335. The number of rotatable bonds is 7. The van der Waals surface area contributed by atoms with Crippen molar-refractivity contribution >= 4 is 0 Å². The molecule has 18 heavy (non-hydrogen) atoms. The molecule has 1 rings (SSSR count). The SMILES string of the molecule is Cc1ccc(C(C)NCCCOC(C)C)cc1C. The van der Waals surface area contributed by atoms with Crippen LogP contribution >= 0.6 is 0 Å². The van der Waals surface area contributed by atoms with E-state index >= 15 is 0 Å². The van der Waals surface area contributed by atoms with Gasteiger partial charge in [-0.05, 0) is 64.3 Å². The van der Waals surface area contributed by atoms with E-state index in [0.717, 1.165) is 19.6 Å². The molecular weight excluding hydrogens is 222 g/mol. The van der Waals surface area contributed by atoms with E-state index < -0.39 is 0 Å². The maximum Gasteiger partial charge on any atom is 0.0518 e. The number of aryl methyl sites for hydroxylation is 2. The number of benzene rings is 1. The fourth-order valence-electron chi connectivity index (χ4n) is 1.86. The van der Waals surface area contributed by atoms with Crippen molar-refractivity contribution in [3.63, 3.8) is 0 Å². The van der Waals surface area contributed by atoms with Gasteiger partial charge in [0.25, 0.3) is 0 Å². The standard InChI is InChI=1S/C16H27NO/c1-12(2)18-10-6-9-17-15(5)16-8-7-13(3)14(4)11-16/h7-8,11-12,15,17H,6,9-10H2,1-5H3. The van der Waals surface area contributed by atoms with Gasteiger partial charge in [0.15, 0.2) is 0 Å². The Labute approximate surface area is 112 Å². The van der Waals surface area contributed by atoms with Crippen LogP contribution in [0.25, 0.3) is 0 Å². The van der Waals surface area contributed by atoms with Crippen LogP contribution in [0.2, 0.25) is 0 Å². The second-order valence-electron chi connectivity index (χ2n) is 5.29. The van der Waals surface area contributed by atoms with Gasteiger partial charge in [-0.2, -0.15) is 0 Å². The molecule has 0 aliphatic rings. The summed E-state index contributed by atoms with van der Waals surface area (Å²) in [7, 11) is 0. The van der Waals surface area contributed by atoms with E-state index in [-0.39, 0.29) is 0 Å². The lowest BCUT2D eigenvalue weighted by molar-refractivity contribution is 0.0768. The van der Waals surface area contributed by atoms with E-state index in [9.17, 15) is 0 Å². The highest BCUT2D eigenvalue weighted by molar-refractivity contribution is 5.31. The molecule has 0 fully saturated rings. The lowest BCUT2D eigenvalue weighted by Crippen LogP contribution is -2.21. The highest BCUT2D eigenvalue weighted by Gasteiger charge is 2.05. The molecule has 0 saturated carbocycles. The van der Waals surface area contributed by atoms with Gasteiger partial charge in [-0.15, -0.1) is 0 Å². The molecule has 0 bridgehead atoms. The van der Waals surface area contributed by atoms with E-state index in [1.165, 1.54) is 16.7 Å². The molecule has 0 spiro atoms. The fraction of sp³-hybridized carbons (Fsp3) is 0.625. The molecule has 0 saturated heterocycles. The van der Waals surface area contributed by atoms with Crippen LogP contribution in [-0.4, -0.2) is 19.3 Å². The number of nitrogens with one attached hydrogen (secondary N) is 1. The zero-order valence-electron chi connectivity index (χ0n) is 12.4. The van der Waals surface area contributed by atoms with Crippen LogP contribution in [0.3, 0.4) is 0 Å². The zero-order chi connectivity index (χ0) is 13.5. The van der Waals surface area contributed by atoms with Crippen LogP contribution in [0, 0.1) is 13.8 Å². The molecule has 1 aromatic rings. The summed E-state index contributed by atoms with van der Waals surface area (Å²) in [6, 6.07) is 7.09. The summed E-state index contributed by atoms with van der Waals surface area (Å²) in [6.07, 6.45) is 1.40. The Balaban J connectivity index is 2.31. The smallest absolute Gasteiger partial charge is 0.0518 e. The van der Waals surface area contributed by atoms with Gasteiger partial charge in [0, 0.05) is 12.6 Å². The predicted molar refractivity (Wildman–Crippen MR) is 78.0 cm³/mol. The third-order valence-corrected chi connectivity index (χ3v) is 3.25. The summed E-state index contributed by atoms with van der Waals surface area (Å²) in [5.74, 6) is 0. The molecule has 2 nitrogen and oxygen atoms in total. The van der Waals surface area contributed by atoms with Gasteiger partial charge in [-0.25, -0.2) is 0 Å². The molecule has 2 heteroatoms. The van der Waals surface area contributed by atoms with Crippen LogP contribution in [-0.2, 0) is 4.74 Å². The first-order valence-electron chi connectivity index (χ1n) is 6.93. The monoisotopic (exact) mass is 249 g/mol. The second-order valence-corrected chi connectivity index (χ2v) is 5.29. The molecular formula is C16H27NO. The Morgan fingerprint density at radius 2 is 1.83 bits per heavy atom. The molecule has 0 aromatic heterocycles. The minimum Gasteiger partial charge on any atom is -0.379 e. The van der Waals surface area contributed by atoms with E-state index in [1.807, 2.05) is 0 Å². The predicted octanol–water partition coefficient (Wildman–Crippen LogP) is 3.77. The van der Waals surface area contributed by atoms with Crippen LogP contribution in [0.1, 0.15) is 49.9 Å². The fourth-order valence-corrected chi connectivity index (χ4v) is 1.86. The van der Waals surface area contributed by atoms with Crippen molar-refractivity contribution < 1.29 is 4.74 Å². The van der Waals surface area contributed by atoms with Gasteiger partial charge < -0.3 is 10.1 Å². The Hall–Kier alpha value is -0.860. The zero-order valence-corrected chi connectivity index (χ0v) is 12.4. The maximum atomic E-state index is 5.52. The van der Waals surface area contributed by atoms with Gasteiger partial charge in [0.2, 0.25) is 0 Å². The first-order chi connectivity index (χ1) is 8.50. The van der Waals surface area contributed by atoms with E-state index in [4.69, 9.17) is 4.74 Å². The first kappa shape index (κ1) is 15.2. The van der Waals surface area contributed by atoms with Gasteiger partial charge in [-0.3, -0.25) is 0 Å². The molecule has 0 radical (unpaired) electrons. The summed E-state index contributed by atoms with van der Waals surface area (Å²) in [4.78, 5) is 0. The minimum atomic E-state index is 0.335. The molecule has 1 aromatic carbocycles. The lowest BCUT2D eigenvalue weighted by atomic mass is 10.0. The molecule has 1 N–H and O–H groups in total. The molecule has 102 valence electrons. The lowest BCUT2D eigenvalue weighted by Gasteiger charge is -2.16. The van der Waals surface area contributed by atoms with Crippen molar-refractivity contribution in [1.29, 1.82) is 0 Å². The summed E-state index contributed by atoms with van der Waals surface area (Å²) in [5.41, 5.74) is 4.09. The van der Waals surface area contributed by atoms with Crippen molar-refractivity contribution in [2.45, 2.75) is 53.2 Å². The summed E-state index contributed by atoms with van der Waals surface area (Å²) in [6.45, 7) is 12.5. The van der Waals surface area contributed by atoms with Crippen LogP contribution in [0.15, 0.2) is 18.2 Å². The molecule has 1 unspecified atom stereocenters. The summed E-state index contributed by atoms with van der Waals surface area (Å²) in [5, 5.41) is 3.54. The summed E-state index contributed by atoms with van der Waals surface area (Å²) >= 11 is 0. The number of ether oxygens (including phenoxy) is 1.